The Morgan fingerprint density at radius 2 is 1.69 bits per heavy atom. The largest absolute Gasteiger partial charge is 0.490 e. The fraction of sp³-hybridized carbons (Fsp3) is 0.361. The Morgan fingerprint density at radius 1 is 0.918 bits per heavy atom. The van der Waals surface area contributed by atoms with E-state index in [1.54, 1.807) is 29.2 Å². The highest BCUT2D eigenvalue weighted by Crippen LogP contribution is 2.40. The molecule has 3 aromatic carbocycles. The van der Waals surface area contributed by atoms with E-state index in [2.05, 4.69) is 15.6 Å². The molecule has 0 aliphatic carbocycles. The number of nitrogens with one attached hydrogen (secondary N) is 3. The van der Waals surface area contributed by atoms with Gasteiger partial charge >= 0.3 is 18.1 Å². The fourth-order valence-corrected chi connectivity index (χ4v) is 8.70. The van der Waals surface area contributed by atoms with Crippen LogP contribution in [0.25, 0.3) is 10.9 Å². The van der Waals surface area contributed by atoms with Crippen molar-refractivity contribution in [2.45, 2.75) is 55.5 Å². The smallest absolute Gasteiger partial charge is 0.416 e. The van der Waals surface area contributed by atoms with Crippen molar-refractivity contribution in [1.82, 2.24) is 20.5 Å². The molecule has 3 amide bonds. The summed E-state index contributed by atoms with van der Waals surface area (Å²) in [7, 11) is 0. The number of carbonyl (C=O) groups is 3. The molecule has 4 heterocycles. The zero-order valence-electron chi connectivity index (χ0n) is 26.6. The van der Waals surface area contributed by atoms with Crippen molar-refractivity contribution in [3.63, 3.8) is 0 Å². The average Bonchev–Trinajstić information content (AvgIpc) is 3.78. The molecule has 0 radical (unpaired) electrons. The third-order valence-corrected chi connectivity index (χ3v) is 11.2. The predicted octanol–water partition coefficient (Wildman–Crippen LogP) is 7.27. The summed E-state index contributed by atoms with van der Waals surface area (Å²) in [5.41, 5.74) is 3.85. The molecule has 1 aromatic heterocycles. The number of amides is 3. The van der Waals surface area contributed by atoms with Gasteiger partial charge in [-0.2, -0.15) is 11.8 Å². The number of hydrogen-bond donors (Lipinski definition) is 3. The third kappa shape index (κ3) is 7.59. The van der Waals surface area contributed by atoms with Crippen LogP contribution in [0.3, 0.4) is 0 Å². The Kier molecular flexibility index (Phi) is 10.1. The van der Waals surface area contributed by atoms with E-state index in [1.807, 2.05) is 54.2 Å². The molecule has 49 heavy (non-hydrogen) atoms. The van der Waals surface area contributed by atoms with Crippen LogP contribution in [0.4, 0.5) is 9.59 Å². The SMILES string of the molecule is O=C1NC2C(CCCCC(=O)OCCOc3ccc(C4c5[nH]c6ccc(Cl)cc6c5CCN4C(=O)Oc4ccc(Cl)cc4)cc3)SC[C@@H]2N1. The standard InChI is InChI=1S/C36H36Cl2N4O6S/c37-22-7-12-25(13-8-22)48-36(45)42-16-15-26-27-19-23(38)9-14-28(27)39-32(26)34(42)21-5-10-24(11-6-21)46-17-18-47-31(43)4-2-1-3-30-33-29(20-49-30)40-35(44)41-33/h5-14,19,29-30,33-34,39H,1-4,15-18,20H2,(H2,40,41,44)/t29-,30?,33?,34?/m0/s1. The van der Waals surface area contributed by atoms with Crippen LogP contribution in [-0.4, -0.2) is 70.8 Å². The summed E-state index contributed by atoms with van der Waals surface area (Å²) in [5, 5.41) is 8.58. The molecule has 7 rings (SSSR count). The summed E-state index contributed by atoms with van der Waals surface area (Å²) in [6, 6.07) is 19.9. The molecule has 10 nitrogen and oxygen atoms in total. The number of fused-ring (bicyclic) bond motifs is 4. The minimum atomic E-state index is -0.470. The van der Waals surface area contributed by atoms with Crippen LogP contribution in [-0.2, 0) is 16.0 Å². The summed E-state index contributed by atoms with van der Waals surface area (Å²) in [6.07, 6.45) is 3.12. The van der Waals surface area contributed by atoms with E-state index in [4.69, 9.17) is 37.4 Å². The molecule has 0 saturated carbocycles. The van der Waals surface area contributed by atoms with Crippen molar-refractivity contribution in [2.24, 2.45) is 0 Å². The second-order valence-electron chi connectivity index (χ2n) is 12.4. The van der Waals surface area contributed by atoms with Gasteiger partial charge in [0.1, 0.15) is 30.8 Å². The molecular formula is C36H36Cl2N4O6S. The molecule has 3 N–H and O–H groups in total. The van der Waals surface area contributed by atoms with Crippen LogP contribution in [0, 0.1) is 0 Å². The summed E-state index contributed by atoms with van der Waals surface area (Å²) < 4.78 is 17.0. The average molecular weight is 724 g/mol. The van der Waals surface area contributed by atoms with Crippen LogP contribution in [0.15, 0.2) is 66.7 Å². The molecule has 0 bridgehead atoms. The van der Waals surface area contributed by atoms with Crippen LogP contribution in [0.1, 0.15) is 48.5 Å². The normalized spacial score (nSPS) is 21.1. The zero-order valence-corrected chi connectivity index (χ0v) is 28.9. The number of aromatic amines is 1. The van der Waals surface area contributed by atoms with Crippen molar-refractivity contribution in [2.75, 3.05) is 25.5 Å². The summed E-state index contributed by atoms with van der Waals surface area (Å²) in [6.45, 7) is 0.813. The number of nitrogens with zero attached hydrogens (tertiary/aromatic N) is 1. The Bertz CT molecular complexity index is 1840. The second kappa shape index (κ2) is 14.8. The first-order valence-corrected chi connectivity index (χ1v) is 18.2. The molecule has 2 saturated heterocycles. The van der Waals surface area contributed by atoms with Gasteiger partial charge in [-0.3, -0.25) is 9.69 Å². The van der Waals surface area contributed by atoms with Crippen LogP contribution < -0.4 is 20.1 Å². The van der Waals surface area contributed by atoms with E-state index in [-0.39, 0.29) is 37.3 Å². The van der Waals surface area contributed by atoms with Gasteiger partial charge in [-0.1, -0.05) is 41.8 Å². The molecule has 256 valence electrons. The topological polar surface area (TPSA) is 122 Å². The first kappa shape index (κ1) is 33.4. The minimum absolute atomic E-state index is 0.0826. The maximum Gasteiger partial charge on any atom is 0.416 e. The minimum Gasteiger partial charge on any atom is -0.490 e. The number of aromatic nitrogens is 1. The van der Waals surface area contributed by atoms with Gasteiger partial charge in [0.25, 0.3) is 0 Å². The number of ether oxygens (including phenoxy) is 3. The zero-order chi connectivity index (χ0) is 33.9. The number of unbranched alkanes of at least 4 members (excludes halogenated alkanes) is 1. The maximum absolute atomic E-state index is 13.6. The lowest BCUT2D eigenvalue weighted by Gasteiger charge is -2.35. The maximum atomic E-state index is 13.6. The fourth-order valence-electron chi connectivity index (χ4n) is 6.86. The van der Waals surface area contributed by atoms with Crippen LogP contribution >= 0.6 is 35.0 Å². The Labute approximate surface area is 298 Å². The molecule has 0 spiro atoms. The molecule has 3 aliphatic rings. The molecule has 13 heteroatoms. The Hall–Kier alpha value is -4.06. The summed E-state index contributed by atoms with van der Waals surface area (Å²) in [5.74, 6) is 1.71. The number of urea groups is 1. The van der Waals surface area contributed by atoms with Gasteiger partial charge in [-0.05, 0) is 85.0 Å². The number of halogens is 2. The second-order valence-corrected chi connectivity index (χ2v) is 14.5. The number of thioether (sulfide) groups is 1. The van der Waals surface area contributed by atoms with E-state index >= 15 is 0 Å². The highest BCUT2D eigenvalue weighted by molar-refractivity contribution is 8.00. The van der Waals surface area contributed by atoms with Crippen molar-refractivity contribution >= 4 is 64.0 Å². The van der Waals surface area contributed by atoms with Gasteiger partial charge in [-0.15, -0.1) is 0 Å². The van der Waals surface area contributed by atoms with Gasteiger partial charge in [0.15, 0.2) is 0 Å². The molecule has 4 atom stereocenters. The highest BCUT2D eigenvalue weighted by atomic mass is 35.5. The Balaban J connectivity index is 0.938. The van der Waals surface area contributed by atoms with Crippen molar-refractivity contribution in [3.05, 3.63) is 93.6 Å². The van der Waals surface area contributed by atoms with Crippen LogP contribution in [0.5, 0.6) is 11.5 Å². The van der Waals surface area contributed by atoms with E-state index < -0.39 is 12.1 Å². The van der Waals surface area contributed by atoms with E-state index in [9.17, 15) is 14.4 Å². The van der Waals surface area contributed by atoms with Crippen molar-refractivity contribution in [1.29, 1.82) is 0 Å². The monoisotopic (exact) mass is 722 g/mol. The van der Waals surface area contributed by atoms with Gasteiger partial charge < -0.3 is 29.8 Å². The number of benzene rings is 3. The number of carbonyl (C=O) groups excluding carboxylic acids is 3. The summed E-state index contributed by atoms with van der Waals surface area (Å²) >= 11 is 14.2. The molecule has 4 aromatic rings. The first-order chi connectivity index (χ1) is 23.8. The first-order valence-electron chi connectivity index (χ1n) is 16.4. The van der Waals surface area contributed by atoms with E-state index in [1.165, 1.54) is 0 Å². The number of H-pyrrole nitrogens is 1. The quantitative estimate of drug-likeness (QED) is 0.0846. The lowest BCUT2D eigenvalue weighted by Crippen LogP contribution is -2.42. The van der Waals surface area contributed by atoms with Gasteiger partial charge in [0.05, 0.1) is 12.1 Å². The number of hydrogen-bond acceptors (Lipinski definition) is 7. The number of esters is 1. The van der Waals surface area contributed by atoms with Crippen molar-refractivity contribution < 1.29 is 28.6 Å². The van der Waals surface area contributed by atoms with Gasteiger partial charge in [-0.25, -0.2) is 9.59 Å². The van der Waals surface area contributed by atoms with E-state index in [0.717, 1.165) is 52.7 Å². The van der Waals surface area contributed by atoms with Gasteiger partial charge in [0, 0.05) is 50.6 Å². The predicted molar refractivity (Wildman–Crippen MR) is 190 cm³/mol. The van der Waals surface area contributed by atoms with Gasteiger partial charge in [0.2, 0.25) is 0 Å². The van der Waals surface area contributed by atoms with E-state index in [0.29, 0.717) is 46.2 Å². The van der Waals surface area contributed by atoms with Crippen molar-refractivity contribution in [3.8, 4) is 11.5 Å². The third-order valence-electron chi connectivity index (χ3n) is 9.21. The molecule has 3 aliphatic heterocycles. The molecule has 3 unspecified atom stereocenters. The lowest BCUT2D eigenvalue weighted by atomic mass is 9.92. The Morgan fingerprint density at radius 3 is 2.51 bits per heavy atom. The highest BCUT2D eigenvalue weighted by Gasteiger charge is 2.42. The molecule has 2 fully saturated rings. The molecular weight excluding hydrogens is 687 g/mol. The lowest BCUT2D eigenvalue weighted by molar-refractivity contribution is -0.144. The summed E-state index contributed by atoms with van der Waals surface area (Å²) in [4.78, 5) is 42.7. The number of rotatable bonds is 11. The van der Waals surface area contributed by atoms with Crippen LogP contribution in [0.2, 0.25) is 10.0 Å².